The van der Waals surface area contributed by atoms with Gasteiger partial charge in [0, 0.05) is 12.2 Å². The van der Waals surface area contributed by atoms with Crippen molar-refractivity contribution in [1.29, 1.82) is 0 Å². The van der Waals surface area contributed by atoms with E-state index in [0.29, 0.717) is 25.1 Å². The number of hydrogen-bond donors (Lipinski definition) is 8. The van der Waals surface area contributed by atoms with E-state index in [2.05, 4.69) is 10.3 Å². The first kappa shape index (κ1) is 23.6. The molecule has 150 valence electrons. The van der Waals surface area contributed by atoms with Gasteiger partial charge in [-0.05, 0) is 37.1 Å². The molecule has 0 aliphatic heterocycles. The monoisotopic (exact) mass is 384 g/mol. The van der Waals surface area contributed by atoms with Gasteiger partial charge in [0.2, 0.25) is 0 Å². The van der Waals surface area contributed by atoms with E-state index in [1.807, 2.05) is 0 Å². The molecule has 0 amide bonds. The predicted molar refractivity (Wildman–Crippen MR) is 97.9 cm³/mol. The summed E-state index contributed by atoms with van der Waals surface area (Å²) in [5.41, 5.74) is 23.1. The smallest absolute Gasteiger partial charge is 0.335 e. The third-order valence-electron chi connectivity index (χ3n) is 2.85. The lowest BCUT2D eigenvalue weighted by atomic mass is 10.1. The standard InChI is InChI=1S/C12H20N6O2.C3H4O4/c13-11(14)17-7-1-6-12(15,16)18-9-4-2-8(3-5-9)10(19)20;4-2(5)1-3(6)7/h2-5,18H,1,6-7,15-16H2,(H,19,20)(H4,13,14,17);1H2,(H,4,5)(H,6,7). The average molecular weight is 384 g/mol. The predicted octanol–water partition coefficient (Wildman–Crippen LogP) is -1.03. The van der Waals surface area contributed by atoms with Crippen LogP contribution in [0.1, 0.15) is 29.6 Å². The van der Waals surface area contributed by atoms with E-state index in [1.165, 1.54) is 12.1 Å². The molecule has 0 bridgehead atoms. The summed E-state index contributed by atoms with van der Waals surface area (Å²) in [6, 6.07) is 6.15. The van der Waals surface area contributed by atoms with Crippen molar-refractivity contribution in [3.05, 3.63) is 29.8 Å². The van der Waals surface area contributed by atoms with Gasteiger partial charge in [-0.15, -0.1) is 0 Å². The van der Waals surface area contributed by atoms with Crippen LogP contribution in [0, 0.1) is 0 Å². The van der Waals surface area contributed by atoms with Crippen molar-refractivity contribution in [2.45, 2.75) is 25.0 Å². The molecule has 0 fully saturated rings. The summed E-state index contributed by atoms with van der Waals surface area (Å²) in [6.07, 6.45) is 0.259. The summed E-state index contributed by atoms with van der Waals surface area (Å²) >= 11 is 0. The van der Waals surface area contributed by atoms with E-state index in [0.717, 1.165) is 0 Å². The van der Waals surface area contributed by atoms with E-state index in [-0.39, 0.29) is 11.5 Å². The van der Waals surface area contributed by atoms with Gasteiger partial charge >= 0.3 is 17.9 Å². The number of hydrogen-bond acceptors (Lipinski definition) is 7. The van der Waals surface area contributed by atoms with Crippen LogP contribution in [0.5, 0.6) is 0 Å². The number of nitrogens with one attached hydrogen (secondary N) is 1. The number of nitrogens with two attached hydrogens (primary N) is 4. The fraction of sp³-hybridized carbons (Fsp3) is 0.333. The summed E-state index contributed by atoms with van der Waals surface area (Å²) < 4.78 is 0. The van der Waals surface area contributed by atoms with E-state index < -0.39 is 30.1 Å². The Morgan fingerprint density at radius 1 is 1.00 bits per heavy atom. The lowest BCUT2D eigenvalue weighted by Gasteiger charge is -2.27. The third kappa shape index (κ3) is 12.6. The summed E-state index contributed by atoms with van der Waals surface area (Å²) in [6.45, 7) is 0.443. The first-order valence-corrected chi connectivity index (χ1v) is 7.61. The fourth-order valence-corrected chi connectivity index (χ4v) is 1.74. The molecule has 1 aromatic carbocycles. The third-order valence-corrected chi connectivity index (χ3v) is 2.85. The van der Waals surface area contributed by atoms with Crippen molar-refractivity contribution in [3.8, 4) is 0 Å². The number of carbonyl (C=O) groups is 3. The Morgan fingerprint density at radius 3 is 1.89 bits per heavy atom. The molecule has 1 rings (SSSR count). The van der Waals surface area contributed by atoms with Gasteiger partial charge in [0.1, 0.15) is 12.2 Å². The zero-order valence-electron chi connectivity index (χ0n) is 14.5. The normalized spacial score (nSPS) is 10.1. The van der Waals surface area contributed by atoms with Crippen molar-refractivity contribution in [2.24, 2.45) is 27.9 Å². The van der Waals surface area contributed by atoms with Crippen LogP contribution in [-0.2, 0) is 9.59 Å². The summed E-state index contributed by atoms with van der Waals surface area (Å²) in [7, 11) is 0. The zero-order valence-corrected chi connectivity index (χ0v) is 14.5. The number of carboxylic acids is 3. The second kappa shape index (κ2) is 11.3. The number of rotatable bonds is 9. The highest BCUT2D eigenvalue weighted by Gasteiger charge is 2.18. The lowest BCUT2D eigenvalue weighted by molar-refractivity contribution is -0.147. The van der Waals surface area contributed by atoms with E-state index in [9.17, 15) is 14.4 Å². The number of anilines is 1. The average Bonchev–Trinajstić information content (AvgIpc) is 2.51. The number of nitrogens with zero attached hydrogens (tertiary/aromatic N) is 1. The van der Waals surface area contributed by atoms with Gasteiger partial charge in [-0.2, -0.15) is 0 Å². The summed E-state index contributed by atoms with van der Waals surface area (Å²) in [5.74, 6) is -4.70. The van der Waals surface area contributed by atoms with Crippen LogP contribution in [0.2, 0.25) is 0 Å². The van der Waals surface area contributed by atoms with Gasteiger partial charge in [0.05, 0.1) is 5.56 Å². The summed E-state index contributed by atoms with van der Waals surface area (Å²) in [5, 5.41) is 27.1. The van der Waals surface area contributed by atoms with Crippen molar-refractivity contribution in [3.63, 3.8) is 0 Å². The maximum atomic E-state index is 10.7. The second-order valence-corrected chi connectivity index (χ2v) is 5.42. The highest BCUT2D eigenvalue weighted by Crippen LogP contribution is 2.14. The molecule has 12 N–H and O–H groups in total. The van der Waals surface area contributed by atoms with E-state index >= 15 is 0 Å². The number of aliphatic imine (C=N–C) groups is 1. The molecule has 0 atom stereocenters. The maximum absolute atomic E-state index is 10.7. The van der Waals surface area contributed by atoms with Gasteiger partial charge in [0.25, 0.3) is 0 Å². The number of benzene rings is 1. The Labute approximate surface area is 154 Å². The Morgan fingerprint density at radius 2 is 1.52 bits per heavy atom. The Hall–Kier alpha value is -3.38. The molecule has 0 unspecified atom stereocenters. The first-order valence-electron chi connectivity index (χ1n) is 7.61. The molecule has 0 aliphatic carbocycles. The zero-order chi connectivity index (χ0) is 21.0. The van der Waals surface area contributed by atoms with E-state index in [1.54, 1.807) is 12.1 Å². The van der Waals surface area contributed by atoms with Crippen LogP contribution < -0.4 is 28.3 Å². The molecule has 27 heavy (non-hydrogen) atoms. The quantitative estimate of drug-likeness (QED) is 0.0840. The minimum Gasteiger partial charge on any atom is -0.481 e. The van der Waals surface area contributed by atoms with Crippen molar-refractivity contribution in [2.75, 3.05) is 11.9 Å². The Bertz CT molecular complexity index is 658. The summed E-state index contributed by atoms with van der Waals surface area (Å²) in [4.78, 5) is 33.4. The van der Waals surface area contributed by atoms with Crippen molar-refractivity contribution < 1.29 is 29.7 Å². The van der Waals surface area contributed by atoms with Crippen LogP contribution in [0.4, 0.5) is 5.69 Å². The van der Waals surface area contributed by atoms with Crippen LogP contribution in [0.3, 0.4) is 0 Å². The molecule has 0 spiro atoms. The SMILES string of the molecule is NC(N)=NCCCC(N)(N)Nc1ccc(C(=O)O)cc1.O=C(O)CC(=O)O. The largest absolute Gasteiger partial charge is 0.481 e. The van der Waals surface area contributed by atoms with Gasteiger partial charge in [0.15, 0.2) is 5.96 Å². The first-order chi connectivity index (χ1) is 12.4. The molecular formula is C15H24N6O6. The molecule has 0 aliphatic rings. The molecule has 0 saturated heterocycles. The van der Waals surface area contributed by atoms with Crippen LogP contribution in [-0.4, -0.2) is 51.5 Å². The maximum Gasteiger partial charge on any atom is 0.335 e. The van der Waals surface area contributed by atoms with Crippen LogP contribution in [0.15, 0.2) is 29.3 Å². The minimum absolute atomic E-state index is 0.0295. The minimum atomic E-state index is -1.31. The van der Waals surface area contributed by atoms with Crippen molar-refractivity contribution >= 4 is 29.6 Å². The molecule has 1 aromatic rings. The number of carboxylic acid groups (broad SMARTS) is 3. The molecule has 0 heterocycles. The highest BCUT2D eigenvalue weighted by atomic mass is 16.4. The molecular weight excluding hydrogens is 360 g/mol. The Balaban J connectivity index is 0.000000821. The number of guanidine groups is 1. The molecule has 12 nitrogen and oxygen atoms in total. The topological polar surface area (TPSA) is 240 Å². The lowest BCUT2D eigenvalue weighted by Crippen LogP contribution is -2.56. The second-order valence-electron chi connectivity index (χ2n) is 5.42. The van der Waals surface area contributed by atoms with Gasteiger partial charge < -0.3 is 32.1 Å². The Kier molecular flexibility index (Phi) is 9.87. The van der Waals surface area contributed by atoms with Gasteiger partial charge in [-0.1, -0.05) is 0 Å². The molecule has 12 heteroatoms. The number of aromatic carboxylic acids is 1. The van der Waals surface area contributed by atoms with E-state index in [4.69, 9.17) is 38.3 Å². The molecule has 0 radical (unpaired) electrons. The van der Waals surface area contributed by atoms with Crippen molar-refractivity contribution in [1.82, 2.24) is 0 Å². The molecule has 0 aromatic heterocycles. The molecule has 0 saturated carbocycles. The van der Waals surface area contributed by atoms with Crippen LogP contribution in [0.25, 0.3) is 0 Å². The van der Waals surface area contributed by atoms with Gasteiger partial charge in [-0.3, -0.25) is 26.0 Å². The van der Waals surface area contributed by atoms with Gasteiger partial charge in [-0.25, -0.2) is 4.79 Å². The van der Waals surface area contributed by atoms with Crippen LogP contribution >= 0.6 is 0 Å². The highest BCUT2D eigenvalue weighted by molar-refractivity contribution is 5.89. The number of aliphatic carboxylic acids is 2. The fourth-order valence-electron chi connectivity index (χ4n) is 1.74.